The highest BCUT2D eigenvalue weighted by Crippen LogP contribution is 2.48. The van der Waals surface area contributed by atoms with Crippen LogP contribution in [0.5, 0.6) is 0 Å². The van der Waals surface area contributed by atoms with Gasteiger partial charge in [-0.25, -0.2) is 4.98 Å². The Kier molecular flexibility index (Phi) is 5.32. The number of hydrogen-bond acceptors (Lipinski definition) is 3. The molecule has 1 aliphatic heterocycles. The van der Waals surface area contributed by atoms with Crippen LogP contribution in [0.4, 0.5) is 5.82 Å². The molecule has 1 saturated heterocycles. The zero-order valence-electron chi connectivity index (χ0n) is 16.2. The van der Waals surface area contributed by atoms with Crippen molar-refractivity contribution in [1.82, 2.24) is 15.6 Å². The van der Waals surface area contributed by atoms with Gasteiger partial charge in [-0.05, 0) is 74.8 Å². The summed E-state index contributed by atoms with van der Waals surface area (Å²) in [5.74, 6) is 4.94. The molecule has 0 unspecified atom stereocenters. The van der Waals surface area contributed by atoms with Gasteiger partial charge in [-0.1, -0.05) is 6.07 Å². The molecule has 5 heteroatoms. The maximum absolute atomic E-state index is 4.57. The van der Waals surface area contributed by atoms with Gasteiger partial charge in [-0.2, -0.15) is 0 Å². The van der Waals surface area contributed by atoms with Gasteiger partial charge in [0.2, 0.25) is 0 Å². The van der Waals surface area contributed by atoms with Crippen molar-refractivity contribution < 1.29 is 0 Å². The zero-order valence-corrected chi connectivity index (χ0v) is 16.2. The molecule has 1 aromatic heterocycles. The Morgan fingerprint density at radius 1 is 1.15 bits per heavy atom. The van der Waals surface area contributed by atoms with Crippen LogP contribution < -0.4 is 15.5 Å². The smallest absolute Gasteiger partial charge is 0.191 e. The molecule has 0 aromatic carbocycles. The summed E-state index contributed by atoms with van der Waals surface area (Å²) in [4.78, 5) is 11.4. The Bertz CT molecular complexity index is 598. The van der Waals surface area contributed by atoms with E-state index in [1.54, 1.807) is 0 Å². The highest BCUT2D eigenvalue weighted by atomic mass is 15.2. The van der Waals surface area contributed by atoms with E-state index in [2.05, 4.69) is 44.6 Å². The number of nitrogens with one attached hydrogen (secondary N) is 2. The molecule has 0 radical (unpaired) electrons. The molecule has 26 heavy (non-hydrogen) atoms. The largest absolute Gasteiger partial charge is 0.356 e. The van der Waals surface area contributed by atoms with E-state index in [0.29, 0.717) is 6.04 Å². The monoisotopic (exact) mass is 355 g/mol. The van der Waals surface area contributed by atoms with Crippen molar-refractivity contribution in [2.45, 2.75) is 51.5 Å². The lowest BCUT2D eigenvalue weighted by atomic mass is 9.98. The van der Waals surface area contributed by atoms with Crippen LogP contribution in [0.1, 0.15) is 44.1 Å². The van der Waals surface area contributed by atoms with Crippen LogP contribution in [0.3, 0.4) is 0 Å². The summed E-state index contributed by atoms with van der Waals surface area (Å²) in [5, 5.41) is 7.27. The lowest BCUT2D eigenvalue weighted by Gasteiger charge is -2.34. The van der Waals surface area contributed by atoms with Gasteiger partial charge in [0.15, 0.2) is 5.96 Å². The molecule has 0 spiro atoms. The molecule has 2 N–H and O–H groups in total. The molecule has 1 aromatic rings. The van der Waals surface area contributed by atoms with Gasteiger partial charge < -0.3 is 15.5 Å². The van der Waals surface area contributed by atoms with E-state index in [1.165, 1.54) is 31.2 Å². The van der Waals surface area contributed by atoms with Crippen molar-refractivity contribution in [3.05, 3.63) is 23.9 Å². The van der Waals surface area contributed by atoms with Crippen molar-refractivity contribution in [1.29, 1.82) is 0 Å². The summed E-state index contributed by atoms with van der Waals surface area (Å²) in [6, 6.07) is 4.79. The third-order valence-electron chi connectivity index (χ3n) is 6.24. The summed E-state index contributed by atoms with van der Waals surface area (Å²) in [5.41, 5.74) is 1.22. The minimum atomic E-state index is 0.503. The molecule has 2 saturated carbocycles. The van der Waals surface area contributed by atoms with Gasteiger partial charge in [0, 0.05) is 38.9 Å². The molecule has 5 nitrogen and oxygen atoms in total. The molecule has 2 aliphatic carbocycles. The van der Waals surface area contributed by atoms with E-state index < -0.39 is 0 Å². The van der Waals surface area contributed by atoms with E-state index >= 15 is 0 Å². The molecule has 142 valence electrons. The standard InChI is InChI=1S/C21H33N5/c1-15-3-8-20(23-13-15)26-11-9-18(10-12-26)25-21(22-2)24-14-19(16-4-5-16)17-6-7-17/h3,8,13,16-19H,4-7,9-12,14H2,1-2H3,(H2,22,24,25). The van der Waals surface area contributed by atoms with Crippen LogP contribution >= 0.6 is 0 Å². The van der Waals surface area contributed by atoms with E-state index in [4.69, 9.17) is 0 Å². The first-order chi connectivity index (χ1) is 12.7. The number of anilines is 1. The van der Waals surface area contributed by atoms with Gasteiger partial charge in [-0.15, -0.1) is 0 Å². The number of aryl methyl sites for hydroxylation is 1. The summed E-state index contributed by atoms with van der Waals surface area (Å²) in [7, 11) is 1.89. The van der Waals surface area contributed by atoms with Gasteiger partial charge in [-0.3, -0.25) is 4.99 Å². The number of aliphatic imine (C=N–C) groups is 1. The van der Waals surface area contributed by atoms with Crippen LogP contribution in [-0.2, 0) is 0 Å². The van der Waals surface area contributed by atoms with Gasteiger partial charge in [0.25, 0.3) is 0 Å². The van der Waals surface area contributed by atoms with E-state index in [0.717, 1.165) is 62.0 Å². The van der Waals surface area contributed by atoms with Crippen LogP contribution in [0.15, 0.2) is 23.3 Å². The van der Waals surface area contributed by atoms with Crippen molar-refractivity contribution >= 4 is 11.8 Å². The summed E-state index contributed by atoms with van der Waals surface area (Å²) in [6.45, 7) is 5.29. The summed E-state index contributed by atoms with van der Waals surface area (Å²) < 4.78 is 0. The number of piperidine rings is 1. The van der Waals surface area contributed by atoms with Gasteiger partial charge >= 0.3 is 0 Å². The maximum atomic E-state index is 4.57. The Morgan fingerprint density at radius 3 is 2.38 bits per heavy atom. The van der Waals surface area contributed by atoms with E-state index in [1.807, 2.05) is 13.2 Å². The molecule has 0 atom stereocenters. The van der Waals surface area contributed by atoms with E-state index in [-0.39, 0.29) is 0 Å². The summed E-state index contributed by atoms with van der Waals surface area (Å²) in [6.07, 6.45) is 10.00. The number of aromatic nitrogens is 1. The highest BCUT2D eigenvalue weighted by Gasteiger charge is 2.41. The predicted molar refractivity (Wildman–Crippen MR) is 108 cm³/mol. The Morgan fingerprint density at radius 2 is 1.85 bits per heavy atom. The fraction of sp³-hybridized carbons (Fsp3) is 0.714. The third kappa shape index (κ3) is 4.49. The first kappa shape index (κ1) is 17.6. The normalized spacial score (nSPS) is 22.0. The number of nitrogens with zero attached hydrogens (tertiary/aromatic N) is 3. The maximum Gasteiger partial charge on any atom is 0.191 e. The van der Waals surface area contributed by atoms with E-state index in [9.17, 15) is 0 Å². The second-order valence-electron chi connectivity index (χ2n) is 8.39. The average Bonchev–Trinajstić information content (AvgIpc) is 3.56. The lowest BCUT2D eigenvalue weighted by Crippen LogP contribution is -2.49. The molecule has 4 rings (SSSR count). The minimum Gasteiger partial charge on any atom is -0.356 e. The molecule has 3 aliphatic rings. The average molecular weight is 356 g/mol. The van der Waals surface area contributed by atoms with Crippen molar-refractivity contribution in [3.63, 3.8) is 0 Å². The van der Waals surface area contributed by atoms with Crippen molar-refractivity contribution in [2.75, 3.05) is 31.6 Å². The Hall–Kier alpha value is -1.78. The summed E-state index contributed by atoms with van der Waals surface area (Å²) >= 11 is 0. The SMILES string of the molecule is CN=C(NCC(C1CC1)C1CC1)NC1CCN(c2ccc(C)cn2)CC1. The molecule has 0 amide bonds. The molecule has 2 heterocycles. The Labute approximate surface area is 157 Å². The second-order valence-corrected chi connectivity index (χ2v) is 8.39. The molecule has 3 fully saturated rings. The topological polar surface area (TPSA) is 52.6 Å². The van der Waals surface area contributed by atoms with Crippen molar-refractivity contribution in [3.8, 4) is 0 Å². The first-order valence-corrected chi connectivity index (χ1v) is 10.4. The molecular weight excluding hydrogens is 322 g/mol. The quantitative estimate of drug-likeness (QED) is 0.608. The minimum absolute atomic E-state index is 0.503. The van der Waals surface area contributed by atoms with Crippen LogP contribution in [0, 0.1) is 24.7 Å². The van der Waals surface area contributed by atoms with Crippen LogP contribution in [0.25, 0.3) is 0 Å². The Balaban J connectivity index is 1.23. The van der Waals surface area contributed by atoms with Gasteiger partial charge in [0.05, 0.1) is 0 Å². The fourth-order valence-electron chi connectivity index (χ4n) is 4.27. The van der Waals surface area contributed by atoms with Crippen LogP contribution in [0.2, 0.25) is 0 Å². The molecular formula is C21H33N5. The van der Waals surface area contributed by atoms with Crippen LogP contribution in [-0.4, -0.2) is 43.7 Å². The first-order valence-electron chi connectivity index (χ1n) is 10.4. The molecule has 0 bridgehead atoms. The number of hydrogen-bond donors (Lipinski definition) is 2. The number of guanidine groups is 1. The second kappa shape index (κ2) is 7.85. The van der Waals surface area contributed by atoms with Gasteiger partial charge in [0.1, 0.15) is 5.82 Å². The number of rotatable bonds is 6. The fourth-order valence-corrected chi connectivity index (χ4v) is 4.27. The number of pyridine rings is 1. The predicted octanol–water partition coefficient (Wildman–Crippen LogP) is 2.96. The third-order valence-corrected chi connectivity index (χ3v) is 6.24. The lowest BCUT2D eigenvalue weighted by molar-refractivity contribution is 0.396. The highest BCUT2D eigenvalue weighted by molar-refractivity contribution is 5.80. The zero-order chi connectivity index (χ0) is 17.9. The van der Waals surface area contributed by atoms with Crippen molar-refractivity contribution in [2.24, 2.45) is 22.7 Å².